The van der Waals surface area contributed by atoms with Gasteiger partial charge < -0.3 is 13.6 Å². The van der Waals surface area contributed by atoms with Crippen LogP contribution >= 0.6 is 0 Å². The fourth-order valence-corrected chi connectivity index (χ4v) is 5.61. The molecule has 0 aromatic heterocycles. The molecule has 0 bridgehead atoms. The van der Waals surface area contributed by atoms with Crippen molar-refractivity contribution in [3.8, 4) is 0 Å². The minimum Gasteiger partial charge on any atom is -0.394 e. The highest BCUT2D eigenvalue weighted by Crippen LogP contribution is 2.33. The molecule has 0 atom stereocenters. The highest BCUT2D eigenvalue weighted by atomic mass is 28.3. The number of ether oxygens (including phenoxy) is 1. The molecule has 1 fully saturated rings. The molecule has 0 aliphatic heterocycles. The highest BCUT2D eigenvalue weighted by molar-refractivity contribution is 6.44. The summed E-state index contributed by atoms with van der Waals surface area (Å²) >= 11 is 0. The van der Waals surface area contributed by atoms with Gasteiger partial charge in [0.25, 0.3) is 0 Å². The second-order valence-corrected chi connectivity index (χ2v) is 9.68. The van der Waals surface area contributed by atoms with Gasteiger partial charge >= 0.3 is 9.28 Å². The van der Waals surface area contributed by atoms with E-state index in [0.29, 0.717) is 6.10 Å². The number of rotatable bonds is 10. The van der Waals surface area contributed by atoms with Crippen LogP contribution in [0.15, 0.2) is 30.3 Å². The van der Waals surface area contributed by atoms with Crippen LogP contribution in [0.25, 0.3) is 0 Å². The second-order valence-electron chi connectivity index (χ2n) is 7.70. The van der Waals surface area contributed by atoms with Crippen LogP contribution in [0.5, 0.6) is 0 Å². The fourth-order valence-electron chi connectivity index (χ4n) is 3.56. The molecule has 0 unspecified atom stereocenters. The number of hydrogen-bond donors (Lipinski definition) is 0. The lowest BCUT2D eigenvalue weighted by Crippen LogP contribution is -2.30. The Kier molecular flexibility index (Phi) is 9.17. The number of hydrogen-bond acceptors (Lipinski definition) is 3. The molecule has 3 nitrogen and oxygen atoms in total. The summed E-state index contributed by atoms with van der Waals surface area (Å²) in [4.78, 5) is 0. The summed E-state index contributed by atoms with van der Waals surface area (Å²) in [7, 11) is -1.55. The average molecular weight is 365 g/mol. The van der Waals surface area contributed by atoms with Gasteiger partial charge in [-0.1, -0.05) is 30.3 Å². The summed E-state index contributed by atoms with van der Waals surface area (Å²) in [6.45, 7) is 9.19. The standard InChI is InChI=1S/C21H36O3Si/c1-17(2)23-25(24-18(3)4)16-8-15-22-21-13-11-20(12-14-21)19-9-6-5-7-10-19/h5-7,9-10,17-18,20-21,25H,8,11-16H2,1-4H3/t20-,21-. The van der Waals surface area contributed by atoms with Crippen LogP contribution in [0.4, 0.5) is 0 Å². The smallest absolute Gasteiger partial charge is 0.321 e. The Balaban J connectivity index is 1.62. The van der Waals surface area contributed by atoms with Gasteiger partial charge in [-0.15, -0.1) is 0 Å². The molecule has 1 aromatic rings. The maximum Gasteiger partial charge on any atom is 0.321 e. The SMILES string of the molecule is CC(C)O[SiH](CCCO[C@H]1CC[C@H](c2ccccc2)CC1)OC(C)C. The zero-order valence-electron chi connectivity index (χ0n) is 16.4. The van der Waals surface area contributed by atoms with Gasteiger partial charge in [-0.05, 0) is 77.3 Å². The Bertz CT molecular complexity index is 445. The van der Waals surface area contributed by atoms with Crippen molar-refractivity contribution in [3.63, 3.8) is 0 Å². The minimum absolute atomic E-state index is 0.254. The third-order valence-electron chi connectivity index (χ3n) is 4.73. The quantitative estimate of drug-likeness (QED) is 0.422. The molecule has 2 rings (SSSR count). The lowest BCUT2D eigenvalue weighted by molar-refractivity contribution is 0.0237. The van der Waals surface area contributed by atoms with Crippen LogP contribution in [0.3, 0.4) is 0 Å². The van der Waals surface area contributed by atoms with Crippen molar-refractivity contribution in [1.82, 2.24) is 0 Å². The molecule has 4 heteroatoms. The summed E-state index contributed by atoms with van der Waals surface area (Å²) in [5.74, 6) is 0.719. The summed E-state index contributed by atoms with van der Waals surface area (Å²) in [5.41, 5.74) is 1.49. The van der Waals surface area contributed by atoms with Crippen molar-refractivity contribution >= 4 is 9.28 Å². The molecule has 0 radical (unpaired) electrons. The van der Waals surface area contributed by atoms with E-state index in [9.17, 15) is 0 Å². The first-order chi connectivity index (χ1) is 12.0. The molecular weight excluding hydrogens is 328 g/mol. The maximum atomic E-state index is 6.14. The van der Waals surface area contributed by atoms with E-state index in [1.165, 1.54) is 31.2 Å². The van der Waals surface area contributed by atoms with Crippen LogP contribution in [0.1, 0.15) is 71.3 Å². The van der Waals surface area contributed by atoms with Gasteiger partial charge in [0, 0.05) is 18.8 Å². The third-order valence-corrected chi connectivity index (χ3v) is 7.31. The zero-order chi connectivity index (χ0) is 18.1. The fraction of sp³-hybridized carbons (Fsp3) is 0.714. The second kappa shape index (κ2) is 11.1. The van der Waals surface area contributed by atoms with Crippen LogP contribution in [0, 0.1) is 0 Å². The molecule has 1 aliphatic carbocycles. The first-order valence-electron chi connectivity index (χ1n) is 10.0. The van der Waals surface area contributed by atoms with Crippen molar-refractivity contribution in [2.24, 2.45) is 0 Å². The van der Waals surface area contributed by atoms with Gasteiger partial charge in [-0.2, -0.15) is 0 Å². The molecule has 1 aliphatic rings. The normalized spacial score (nSPS) is 21.4. The van der Waals surface area contributed by atoms with Crippen LogP contribution in [-0.4, -0.2) is 34.2 Å². The van der Waals surface area contributed by atoms with E-state index in [2.05, 4.69) is 58.0 Å². The van der Waals surface area contributed by atoms with Crippen molar-refractivity contribution in [3.05, 3.63) is 35.9 Å². The Morgan fingerprint density at radius 3 is 2.08 bits per heavy atom. The Morgan fingerprint density at radius 2 is 1.52 bits per heavy atom. The van der Waals surface area contributed by atoms with Gasteiger partial charge in [-0.3, -0.25) is 0 Å². The molecule has 142 valence electrons. The van der Waals surface area contributed by atoms with Gasteiger partial charge in [0.05, 0.1) is 6.10 Å². The molecule has 0 N–H and O–H groups in total. The van der Waals surface area contributed by atoms with E-state index in [1.54, 1.807) is 0 Å². The molecule has 0 heterocycles. The Labute approximate surface area is 155 Å². The van der Waals surface area contributed by atoms with Crippen LogP contribution in [0.2, 0.25) is 6.04 Å². The zero-order valence-corrected chi connectivity index (χ0v) is 17.6. The lowest BCUT2D eigenvalue weighted by Gasteiger charge is -2.29. The first kappa shape index (κ1) is 20.6. The van der Waals surface area contributed by atoms with E-state index >= 15 is 0 Å². The van der Waals surface area contributed by atoms with E-state index in [-0.39, 0.29) is 12.2 Å². The third kappa shape index (κ3) is 8.03. The molecule has 1 saturated carbocycles. The molecule has 0 spiro atoms. The molecular formula is C21H36O3Si. The van der Waals surface area contributed by atoms with Crippen molar-refractivity contribution in [1.29, 1.82) is 0 Å². The molecule has 0 saturated heterocycles. The summed E-state index contributed by atoms with van der Waals surface area (Å²) < 4.78 is 18.1. The maximum absolute atomic E-state index is 6.14. The van der Waals surface area contributed by atoms with Crippen LogP contribution < -0.4 is 0 Å². The highest BCUT2D eigenvalue weighted by Gasteiger charge is 2.23. The van der Waals surface area contributed by atoms with E-state index in [1.807, 2.05) is 0 Å². The van der Waals surface area contributed by atoms with Crippen molar-refractivity contribution < 1.29 is 13.6 Å². The van der Waals surface area contributed by atoms with Crippen molar-refractivity contribution in [2.75, 3.05) is 6.61 Å². The largest absolute Gasteiger partial charge is 0.394 e. The van der Waals surface area contributed by atoms with Crippen molar-refractivity contribution in [2.45, 2.75) is 90.1 Å². The lowest BCUT2D eigenvalue weighted by atomic mass is 9.83. The van der Waals surface area contributed by atoms with E-state index < -0.39 is 9.28 Å². The summed E-state index contributed by atoms with van der Waals surface area (Å²) in [5, 5.41) is 0. The summed E-state index contributed by atoms with van der Waals surface area (Å²) in [6.07, 6.45) is 6.87. The molecule has 0 amide bonds. The predicted octanol–water partition coefficient (Wildman–Crippen LogP) is 5.19. The van der Waals surface area contributed by atoms with Gasteiger partial charge in [-0.25, -0.2) is 0 Å². The monoisotopic (exact) mass is 364 g/mol. The van der Waals surface area contributed by atoms with Gasteiger partial charge in [0.2, 0.25) is 0 Å². The topological polar surface area (TPSA) is 27.7 Å². The average Bonchev–Trinajstić information content (AvgIpc) is 2.59. The summed E-state index contributed by atoms with van der Waals surface area (Å²) in [6, 6.07) is 12.0. The molecule has 1 aromatic carbocycles. The predicted molar refractivity (Wildman–Crippen MR) is 106 cm³/mol. The van der Waals surface area contributed by atoms with E-state index in [4.69, 9.17) is 13.6 Å². The Hall–Kier alpha value is -0.683. The van der Waals surface area contributed by atoms with E-state index in [0.717, 1.165) is 25.0 Å². The Morgan fingerprint density at radius 1 is 0.920 bits per heavy atom. The van der Waals surface area contributed by atoms with Crippen LogP contribution in [-0.2, 0) is 13.6 Å². The van der Waals surface area contributed by atoms with Gasteiger partial charge in [0.1, 0.15) is 0 Å². The van der Waals surface area contributed by atoms with Gasteiger partial charge in [0.15, 0.2) is 0 Å². The minimum atomic E-state index is -1.55. The first-order valence-corrected chi connectivity index (χ1v) is 11.8. The molecule has 25 heavy (non-hydrogen) atoms. The number of benzene rings is 1.